The average Bonchev–Trinajstić information content (AvgIpc) is 2.08. The standard InChI is InChI=1S/C11H22FN/c1-10(2,3)13-8-5-6-11(4,12)7-9-13/h5-9H2,1-4H3. The van der Waals surface area contributed by atoms with Gasteiger partial charge in [0.2, 0.25) is 0 Å². The van der Waals surface area contributed by atoms with Crippen molar-refractivity contribution in [1.29, 1.82) is 0 Å². The molecule has 1 unspecified atom stereocenters. The first-order valence-corrected chi connectivity index (χ1v) is 5.25. The highest BCUT2D eigenvalue weighted by molar-refractivity contribution is 4.84. The summed E-state index contributed by atoms with van der Waals surface area (Å²) >= 11 is 0. The van der Waals surface area contributed by atoms with Crippen LogP contribution in [0.15, 0.2) is 0 Å². The number of hydrogen-bond acceptors (Lipinski definition) is 1. The smallest absolute Gasteiger partial charge is 0.109 e. The van der Waals surface area contributed by atoms with Crippen LogP contribution in [0.5, 0.6) is 0 Å². The summed E-state index contributed by atoms with van der Waals surface area (Å²) in [4.78, 5) is 2.39. The van der Waals surface area contributed by atoms with Crippen LogP contribution in [0.2, 0.25) is 0 Å². The lowest BCUT2D eigenvalue weighted by atomic mass is 10.00. The lowest BCUT2D eigenvalue weighted by molar-refractivity contribution is 0.123. The van der Waals surface area contributed by atoms with Crippen molar-refractivity contribution in [3.05, 3.63) is 0 Å². The fourth-order valence-electron chi connectivity index (χ4n) is 1.91. The zero-order valence-corrected chi connectivity index (χ0v) is 9.36. The van der Waals surface area contributed by atoms with Crippen LogP contribution in [0.1, 0.15) is 47.0 Å². The first-order chi connectivity index (χ1) is 5.81. The van der Waals surface area contributed by atoms with E-state index in [2.05, 4.69) is 25.7 Å². The predicted octanol–water partition coefficient (Wildman–Crippen LogP) is 3.00. The maximum atomic E-state index is 13.7. The van der Waals surface area contributed by atoms with Crippen LogP contribution < -0.4 is 0 Å². The van der Waals surface area contributed by atoms with Crippen LogP contribution in [0, 0.1) is 0 Å². The molecule has 1 aliphatic rings. The zero-order chi connectivity index (χ0) is 10.1. The van der Waals surface area contributed by atoms with Crippen molar-refractivity contribution in [2.24, 2.45) is 0 Å². The molecule has 0 aromatic rings. The molecule has 1 fully saturated rings. The Morgan fingerprint density at radius 1 is 1.15 bits per heavy atom. The van der Waals surface area contributed by atoms with E-state index in [1.165, 1.54) is 0 Å². The number of alkyl halides is 1. The molecule has 0 aliphatic carbocycles. The zero-order valence-electron chi connectivity index (χ0n) is 9.36. The summed E-state index contributed by atoms with van der Waals surface area (Å²) in [5.74, 6) is 0. The van der Waals surface area contributed by atoms with Gasteiger partial charge in [0.25, 0.3) is 0 Å². The largest absolute Gasteiger partial charge is 0.298 e. The topological polar surface area (TPSA) is 3.24 Å². The second-order valence-electron chi connectivity index (χ2n) is 5.42. The fraction of sp³-hybridized carbons (Fsp3) is 1.00. The van der Waals surface area contributed by atoms with E-state index in [4.69, 9.17) is 0 Å². The maximum absolute atomic E-state index is 13.7. The van der Waals surface area contributed by atoms with E-state index in [0.717, 1.165) is 25.9 Å². The molecule has 0 aromatic heterocycles. The van der Waals surface area contributed by atoms with Gasteiger partial charge in [-0.3, -0.25) is 4.90 Å². The van der Waals surface area contributed by atoms with Crippen molar-refractivity contribution >= 4 is 0 Å². The van der Waals surface area contributed by atoms with E-state index in [1.54, 1.807) is 6.92 Å². The highest BCUT2D eigenvalue weighted by atomic mass is 19.1. The predicted molar refractivity (Wildman–Crippen MR) is 54.7 cm³/mol. The Morgan fingerprint density at radius 2 is 1.77 bits per heavy atom. The van der Waals surface area contributed by atoms with Crippen molar-refractivity contribution in [2.45, 2.75) is 58.2 Å². The molecule has 0 amide bonds. The second-order valence-corrected chi connectivity index (χ2v) is 5.42. The van der Waals surface area contributed by atoms with E-state index < -0.39 is 5.67 Å². The first kappa shape index (κ1) is 11.0. The summed E-state index contributed by atoms with van der Waals surface area (Å²) in [5, 5.41) is 0. The van der Waals surface area contributed by atoms with Gasteiger partial charge >= 0.3 is 0 Å². The Bertz CT molecular complexity index is 169. The van der Waals surface area contributed by atoms with Crippen LogP contribution in [0.25, 0.3) is 0 Å². The minimum absolute atomic E-state index is 0.195. The van der Waals surface area contributed by atoms with Crippen molar-refractivity contribution in [2.75, 3.05) is 13.1 Å². The van der Waals surface area contributed by atoms with Crippen LogP contribution in [0.3, 0.4) is 0 Å². The minimum Gasteiger partial charge on any atom is -0.298 e. The molecule has 0 saturated carbocycles. The molecule has 0 N–H and O–H groups in total. The second kappa shape index (κ2) is 3.56. The Labute approximate surface area is 81.3 Å². The van der Waals surface area contributed by atoms with Crippen LogP contribution in [-0.4, -0.2) is 29.2 Å². The van der Waals surface area contributed by atoms with Gasteiger partial charge in [-0.1, -0.05) is 0 Å². The lowest BCUT2D eigenvalue weighted by Gasteiger charge is -2.34. The van der Waals surface area contributed by atoms with Gasteiger partial charge in [-0.25, -0.2) is 4.39 Å². The molecule has 0 bridgehead atoms. The highest BCUT2D eigenvalue weighted by Gasteiger charge is 2.30. The SMILES string of the molecule is CC1(F)CCCN(C(C)(C)C)CC1. The Morgan fingerprint density at radius 3 is 2.31 bits per heavy atom. The summed E-state index contributed by atoms with van der Waals surface area (Å²) in [6.45, 7) is 10.3. The van der Waals surface area contributed by atoms with Crippen LogP contribution in [-0.2, 0) is 0 Å². The molecule has 1 atom stereocenters. The molecular formula is C11H22FN. The van der Waals surface area contributed by atoms with Gasteiger partial charge in [0.05, 0.1) is 0 Å². The molecule has 0 aromatic carbocycles. The third-order valence-corrected chi connectivity index (χ3v) is 2.98. The van der Waals surface area contributed by atoms with Gasteiger partial charge in [0, 0.05) is 12.1 Å². The van der Waals surface area contributed by atoms with Crippen LogP contribution in [0.4, 0.5) is 4.39 Å². The van der Waals surface area contributed by atoms with E-state index >= 15 is 0 Å². The maximum Gasteiger partial charge on any atom is 0.109 e. The Kier molecular flexibility index (Phi) is 3.01. The average molecular weight is 187 g/mol. The number of nitrogens with zero attached hydrogens (tertiary/aromatic N) is 1. The third kappa shape index (κ3) is 3.26. The van der Waals surface area contributed by atoms with Crippen molar-refractivity contribution in [1.82, 2.24) is 4.90 Å². The quantitative estimate of drug-likeness (QED) is 0.563. The molecule has 1 rings (SSSR count). The summed E-state index contributed by atoms with van der Waals surface area (Å²) in [5.41, 5.74) is -0.736. The number of rotatable bonds is 0. The van der Waals surface area contributed by atoms with Crippen molar-refractivity contribution in [3.8, 4) is 0 Å². The summed E-state index contributed by atoms with van der Waals surface area (Å²) < 4.78 is 13.7. The minimum atomic E-state index is -0.931. The van der Waals surface area contributed by atoms with E-state index in [9.17, 15) is 4.39 Å². The van der Waals surface area contributed by atoms with E-state index in [1.807, 2.05) is 0 Å². The van der Waals surface area contributed by atoms with Crippen molar-refractivity contribution in [3.63, 3.8) is 0 Å². The molecule has 78 valence electrons. The van der Waals surface area contributed by atoms with Crippen LogP contribution >= 0.6 is 0 Å². The molecule has 0 radical (unpaired) electrons. The summed E-state index contributed by atoms with van der Waals surface area (Å²) in [6.07, 6.45) is 2.40. The Balaban J connectivity index is 2.55. The van der Waals surface area contributed by atoms with Gasteiger partial charge in [0.15, 0.2) is 0 Å². The highest BCUT2D eigenvalue weighted by Crippen LogP contribution is 2.28. The van der Waals surface area contributed by atoms with Gasteiger partial charge in [0.1, 0.15) is 5.67 Å². The molecule has 13 heavy (non-hydrogen) atoms. The first-order valence-electron chi connectivity index (χ1n) is 5.25. The van der Waals surface area contributed by atoms with Gasteiger partial charge < -0.3 is 0 Å². The number of halogens is 1. The van der Waals surface area contributed by atoms with Gasteiger partial charge in [-0.15, -0.1) is 0 Å². The lowest BCUT2D eigenvalue weighted by Crippen LogP contribution is -2.42. The number of hydrogen-bond donors (Lipinski definition) is 0. The Hall–Kier alpha value is -0.110. The number of likely N-dealkylation sites (tertiary alicyclic amines) is 1. The molecule has 1 heterocycles. The molecule has 0 spiro atoms. The molecule has 2 heteroatoms. The van der Waals surface area contributed by atoms with E-state index in [0.29, 0.717) is 6.42 Å². The summed E-state index contributed by atoms with van der Waals surface area (Å²) in [6, 6.07) is 0. The van der Waals surface area contributed by atoms with Gasteiger partial charge in [-0.05, 0) is 53.5 Å². The fourth-order valence-corrected chi connectivity index (χ4v) is 1.91. The molecule has 1 aliphatic heterocycles. The molecule has 1 saturated heterocycles. The van der Waals surface area contributed by atoms with E-state index in [-0.39, 0.29) is 5.54 Å². The molecular weight excluding hydrogens is 165 g/mol. The third-order valence-electron chi connectivity index (χ3n) is 2.98. The monoisotopic (exact) mass is 187 g/mol. The van der Waals surface area contributed by atoms with Gasteiger partial charge in [-0.2, -0.15) is 0 Å². The molecule has 1 nitrogen and oxygen atoms in total. The van der Waals surface area contributed by atoms with Crippen molar-refractivity contribution < 1.29 is 4.39 Å². The normalized spacial score (nSPS) is 33.0. The summed E-state index contributed by atoms with van der Waals surface area (Å²) in [7, 11) is 0.